The lowest BCUT2D eigenvalue weighted by molar-refractivity contribution is -0.123. The zero-order valence-electron chi connectivity index (χ0n) is 13.3. The molecule has 2 aliphatic carbocycles. The SMILES string of the molecule is Cl.NC1(C(=O)N2CC3(CCCC3)c3c(F)cccc32)CCCC1. The third-order valence-corrected chi connectivity index (χ3v) is 6.00. The van der Waals surface area contributed by atoms with Crippen molar-refractivity contribution in [3.63, 3.8) is 0 Å². The molecule has 0 bridgehead atoms. The summed E-state index contributed by atoms with van der Waals surface area (Å²) in [6, 6.07) is 5.13. The van der Waals surface area contributed by atoms with Gasteiger partial charge in [-0.25, -0.2) is 4.39 Å². The van der Waals surface area contributed by atoms with Gasteiger partial charge in [-0.3, -0.25) is 4.79 Å². The van der Waals surface area contributed by atoms with Crippen molar-refractivity contribution in [2.45, 2.75) is 62.3 Å². The van der Waals surface area contributed by atoms with E-state index in [9.17, 15) is 9.18 Å². The molecule has 1 aliphatic heterocycles. The molecule has 2 saturated carbocycles. The Labute approximate surface area is 142 Å². The van der Waals surface area contributed by atoms with Gasteiger partial charge in [0.2, 0.25) is 5.91 Å². The van der Waals surface area contributed by atoms with Gasteiger partial charge < -0.3 is 10.6 Å². The Kier molecular flexibility index (Phi) is 4.18. The van der Waals surface area contributed by atoms with Gasteiger partial charge in [0.15, 0.2) is 0 Å². The summed E-state index contributed by atoms with van der Waals surface area (Å²) in [6.45, 7) is 0.612. The lowest BCUT2D eigenvalue weighted by Crippen LogP contribution is -2.54. The highest BCUT2D eigenvalue weighted by atomic mass is 35.5. The Balaban J connectivity index is 0.00000156. The van der Waals surface area contributed by atoms with Gasteiger partial charge in [0.25, 0.3) is 0 Å². The van der Waals surface area contributed by atoms with E-state index in [4.69, 9.17) is 5.73 Å². The van der Waals surface area contributed by atoms with Crippen LogP contribution in [0.15, 0.2) is 18.2 Å². The van der Waals surface area contributed by atoms with E-state index in [1.54, 1.807) is 11.0 Å². The summed E-state index contributed by atoms with van der Waals surface area (Å²) in [5, 5.41) is 0. The van der Waals surface area contributed by atoms with E-state index in [1.165, 1.54) is 6.07 Å². The quantitative estimate of drug-likeness (QED) is 0.849. The van der Waals surface area contributed by atoms with Crippen molar-refractivity contribution in [1.29, 1.82) is 0 Å². The van der Waals surface area contributed by atoms with Gasteiger partial charge in [0.05, 0.1) is 11.2 Å². The molecule has 2 N–H and O–H groups in total. The molecule has 1 aromatic carbocycles. The molecule has 5 heteroatoms. The van der Waals surface area contributed by atoms with Crippen molar-refractivity contribution in [1.82, 2.24) is 0 Å². The Morgan fingerprint density at radius 2 is 1.70 bits per heavy atom. The van der Waals surface area contributed by atoms with Crippen LogP contribution in [-0.4, -0.2) is 18.0 Å². The monoisotopic (exact) mass is 338 g/mol. The van der Waals surface area contributed by atoms with E-state index in [-0.39, 0.29) is 29.5 Å². The van der Waals surface area contributed by atoms with Gasteiger partial charge in [-0.15, -0.1) is 12.4 Å². The molecule has 2 fully saturated rings. The molecule has 126 valence electrons. The summed E-state index contributed by atoms with van der Waals surface area (Å²) in [5.74, 6) is -0.159. The second-order valence-corrected chi connectivity index (χ2v) is 7.38. The lowest BCUT2D eigenvalue weighted by Gasteiger charge is -2.30. The van der Waals surface area contributed by atoms with Crippen molar-refractivity contribution < 1.29 is 9.18 Å². The highest BCUT2D eigenvalue weighted by Crippen LogP contribution is 2.52. The number of rotatable bonds is 1. The van der Waals surface area contributed by atoms with E-state index in [2.05, 4.69) is 0 Å². The fraction of sp³-hybridized carbons (Fsp3) is 0.611. The minimum atomic E-state index is -0.742. The van der Waals surface area contributed by atoms with E-state index in [0.717, 1.165) is 62.6 Å². The number of hydrogen-bond acceptors (Lipinski definition) is 2. The van der Waals surface area contributed by atoms with Gasteiger partial charge in [-0.2, -0.15) is 0 Å². The van der Waals surface area contributed by atoms with Crippen LogP contribution in [0.3, 0.4) is 0 Å². The first kappa shape index (κ1) is 16.7. The van der Waals surface area contributed by atoms with Crippen molar-refractivity contribution in [3.05, 3.63) is 29.6 Å². The van der Waals surface area contributed by atoms with E-state index in [0.29, 0.717) is 6.54 Å². The molecule has 1 aromatic rings. The first-order valence-corrected chi connectivity index (χ1v) is 8.46. The highest BCUT2D eigenvalue weighted by Gasteiger charge is 2.51. The standard InChI is InChI=1S/C18H23FN2O.ClH/c19-13-6-5-7-14-15(13)17(8-1-2-9-17)12-21(14)16(22)18(20)10-3-4-11-18;/h5-7H,1-4,8-12,20H2;1H. The molecule has 0 aromatic heterocycles. The smallest absolute Gasteiger partial charge is 0.247 e. The topological polar surface area (TPSA) is 46.3 Å². The zero-order valence-corrected chi connectivity index (χ0v) is 14.1. The Hall–Kier alpha value is -1.13. The first-order chi connectivity index (χ1) is 10.6. The summed E-state index contributed by atoms with van der Waals surface area (Å²) in [7, 11) is 0. The third kappa shape index (κ3) is 2.38. The maximum Gasteiger partial charge on any atom is 0.247 e. The molecule has 3 nitrogen and oxygen atoms in total. The molecule has 1 heterocycles. The molecule has 1 amide bonds. The Bertz CT molecular complexity index is 621. The van der Waals surface area contributed by atoms with E-state index in [1.807, 2.05) is 6.07 Å². The average molecular weight is 339 g/mol. The number of carbonyl (C=O) groups excluding carboxylic acids is 1. The number of benzene rings is 1. The molecule has 1 spiro atoms. The molecule has 0 radical (unpaired) electrons. The maximum absolute atomic E-state index is 14.5. The normalized spacial score (nSPS) is 23.8. The van der Waals surface area contributed by atoms with Crippen molar-refractivity contribution >= 4 is 24.0 Å². The van der Waals surface area contributed by atoms with Crippen LogP contribution in [-0.2, 0) is 10.2 Å². The van der Waals surface area contributed by atoms with E-state index < -0.39 is 5.54 Å². The number of halogens is 2. The van der Waals surface area contributed by atoms with Crippen LogP contribution in [0.1, 0.15) is 56.9 Å². The van der Waals surface area contributed by atoms with E-state index >= 15 is 0 Å². The molecule has 0 unspecified atom stereocenters. The number of nitrogens with zero attached hydrogens (tertiary/aromatic N) is 1. The van der Waals surface area contributed by atoms with Crippen LogP contribution < -0.4 is 10.6 Å². The van der Waals surface area contributed by atoms with Gasteiger partial charge in [0.1, 0.15) is 5.82 Å². The number of nitrogens with two attached hydrogens (primary N) is 1. The van der Waals surface area contributed by atoms with Gasteiger partial charge in [-0.05, 0) is 37.8 Å². The Morgan fingerprint density at radius 1 is 1.09 bits per heavy atom. The van der Waals surface area contributed by atoms with Crippen LogP contribution in [0, 0.1) is 5.82 Å². The van der Waals surface area contributed by atoms with Crippen molar-refractivity contribution in [2.24, 2.45) is 5.73 Å². The molecular weight excluding hydrogens is 315 g/mol. The molecule has 0 saturated heterocycles. The van der Waals surface area contributed by atoms with Crippen molar-refractivity contribution in [3.8, 4) is 0 Å². The molecular formula is C18H24ClFN2O. The number of fused-ring (bicyclic) bond motifs is 2. The minimum absolute atomic E-state index is 0. The summed E-state index contributed by atoms with van der Waals surface area (Å²) in [5.41, 5.74) is 7.00. The second-order valence-electron chi connectivity index (χ2n) is 7.38. The summed E-state index contributed by atoms with van der Waals surface area (Å²) < 4.78 is 14.5. The van der Waals surface area contributed by atoms with Crippen LogP contribution >= 0.6 is 12.4 Å². The second kappa shape index (κ2) is 5.75. The predicted molar refractivity (Wildman–Crippen MR) is 91.5 cm³/mol. The van der Waals surface area contributed by atoms with Crippen LogP contribution in [0.4, 0.5) is 10.1 Å². The molecule has 23 heavy (non-hydrogen) atoms. The number of anilines is 1. The fourth-order valence-corrected chi connectivity index (χ4v) is 4.86. The van der Waals surface area contributed by atoms with Crippen LogP contribution in [0.2, 0.25) is 0 Å². The first-order valence-electron chi connectivity index (χ1n) is 8.46. The number of hydrogen-bond donors (Lipinski definition) is 1. The molecule has 4 rings (SSSR count). The average Bonchev–Trinajstić information content (AvgIpc) is 3.21. The zero-order chi connectivity index (χ0) is 15.4. The Morgan fingerprint density at radius 3 is 2.35 bits per heavy atom. The molecule has 0 atom stereocenters. The predicted octanol–water partition coefficient (Wildman–Crippen LogP) is 3.68. The lowest BCUT2D eigenvalue weighted by atomic mass is 9.80. The van der Waals surface area contributed by atoms with Crippen LogP contribution in [0.25, 0.3) is 0 Å². The fourth-order valence-electron chi connectivity index (χ4n) is 4.86. The van der Waals surface area contributed by atoms with Crippen molar-refractivity contribution in [2.75, 3.05) is 11.4 Å². The number of carbonyl (C=O) groups is 1. The summed E-state index contributed by atoms with van der Waals surface area (Å²) in [6.07, 6.45) is 7.70. The number of amides is 1. The highest BCUT2D eigenvalue weighted by molar-refractivity contribution is 6.02. The summed E-state index contributed by atoms with van der Waals surface area (Å²) in [4.78, 5) is 14.9. The van der Waals surface area contributed by atoms with Crippen LogP contribution in [0.5, 0.6) is 0 Å². The maximum atomic E-state index is 14.5. The van der Waals surface area contributed by atoms with Gasteiger partial charge >= 0.3 is 0 Å². The third-order valence-electron chi connectivity index (χ3n) is 6.00. The summed E-state index contributed by atoms with van der Waals surface area (Å²) >= 11 is 0. The van der Waals surface area contributed by atoms with Gasteiger partial charge in [-0.1, -0.05) is 31.7 Å². The largest absolute Gasteiger partial charge is 0.317 e. The molecule has 3 aliphatic rings. The van der Waals surface area contributed by atoms with Gasteiger partial charge in [0, 0.05) is 17.5 Å². The minimum Gasteiger partial charge on any atom is -0.317 e.